The van der Waals surface area contributed by atoms with Crippen LogP contribution in [0.15, 0.2) is 40.9 Å². The Morgan fingerprint density at radius 2 is 2.00 bits per heavy atom. The molecule has 4 nitrogen and oxygen atoms in total. The van der Waals surface area contributed by atoms with Crippen molar-refractivity contribution in [2.45, 2.75) is 6.92 Å². The van der Waals surface area contributed by atoms with Gasteiger partial charge in [0.1, 0.15) is 11.6 Å². The number of amides is 1. The lowest BCUT2D eigenvalue weighted by atomic mass is 10.3. The van der Waals surface area contributed by atoms with E-state index in [2.05, 4.69) is 26.2 Å². The van der Waals surface area contributed by atoms with E-state index in [9.17, 15) is 4.79 Å². The molecule has 20 heavy (non-hydrogen) atoms. The predicted octanol–water partition coefficient (Wildman–Crippen LogP) is 3.82. The molecule has 2 rings (SSSR count). The van der Waals surface area contributed by atoms with Crippen LogP contribution in [-0.2, 0) is 4.79 Å². The highest BCUT2D eigenvalue weighted by Gasteiger charge is 2.06. The summed E-state index contributed by atoms with van der Waals surface area (Å²) in [7, 11) is 0. The molecule has 0 saturated heterocycles. The fourth-order valence-electron chi connectivity index (χ4n) is 1.47. The average Bonchev–Trinajstić information content (AvgIpc) is 2.42. The normalized spacial score (nSPS) is 10.2. The van der Waals surface area contributed by atoms with Gasteiger partial charge in [0.25, 0.3) is 5.91 Å². The molecule has 0 saturated carbocycles. The second-order valence-corrected chi connectivity index (χ2v) is 5.35. The summed E-state index contributed by atoms with van der Waals surface area (Å²) in [6, 6.07) is 10.4. The molecule has 1 aromatic carbocycles. The molecule has 1 N–H and O–H groups in total. The standard InChI is InChI=1S/C14H12BrClN2O2/c1-9-12(15)6-7-13(17-9)18-14(19)8-20-11-4-2-10(16)3-5-11/h2-7H,8H2,1H3,(H,17,18,19). The zero-order chi connectivity index (χ0) is 14.5. The van der Waals surface area contributed by atoms with E-state index in [0.29, 0.717) is 16.6 Å². The molecule has 0 aliphatic heterocycles. The molecule has 2 aromatic rings. The maximum Gasteiger partial charge on any atom is 0.263 e. The van der Waals surface area contributed by atoms with Gasteiger partial charge in [0.05, 0.1) is 5.69 Å². The number of nitrogens with one attached hydrogen (secondary N) is 1. The molecule has 1 amide bonds. The van der Waals surface area contributed by atoms with Crippen LogP contribution in [0.3, 0.4) is 0 Å². The molecule has 0 aliphatic carbocycles. The second kappa shape index (κ2) is 6.72. The fourth-order valence-corrected chi connectivity index (χ4v) is 1.82. The molecule has 0 bridgehead atoms. The van der Waals surface area contributed by atoms with Crippen molar-refractivity contribution >= 4 is 39.3 Å². The fraction of sp³-hybridized carbons (Fsp3) is 0.143. The average molecular weight is 356 g/mol. The summed E-state index contributed by atoms with van der Waals surface area (Å²) in [5.41, 5.74) is 0.807. The van der Waals surface area contributed by atoms with Gasteiger partial charge in [-0.15, -0.1) is 0 Å². The molecule has 0 atom stereocenters. The first-order valence-electron chi connectivity index (χ1n) is 5.86. The third-order valence-corrected chi connectivity index (χ3v) is 3.56. The van der Waals surface area contributed by atoms with Crippen LogP contribution in [-0.4, -0.2) is 17.5 Å². The van der Waals surface area contributed by atoms with Crippen LogP contribution in [0, 0.1) is 6.92 Å². The van der Waals surface area contributed by atoms with Crippen molar-refractivity contribution in [3.8, 4) is 5.75 Å². The first kappa shape index (κ1) is 14.8. The highest BCUT2D eigenvalue weighted by atomic mass is 79.9. The molecule has 0 spiro atoms. The molecular weight excluding hydrogens is 344 g/mol. The first-order valence-corrected chi connectivity index (χ1v) is 7.03. The number of ether oxygens (including phenoxy) is 1. The third-order valence-electron chi connectivity index (χ3n) is 2.47. The molecule has 0 aliphatic rings. The van der Waals surface area contributed by atoms with E-state index in [4.69, 9.17) is 16.3 Å². The minimum Gasteiger partial charge on any atom is -0.484 e. The van der Waals surface area contributed by atoms with Gasteiger partial charge in [-0.25, -0.2) is 4.98 Å². The van der Waals surface area contributed by atoms with E-state index >= 15 is 0 Å². The Balaban J connectivity index is 1.89. The van der Waals surface area contributed by atoms with Gasteiger partial charge in [0.15, 0.2) is 6.61 Å². The van der Waals surface area contributed by atoms with Crippen LogP contribution >= 0.6 is 27.5 Å². The van der Waals surface area contributed by atoms with Gasteiger partial charge in [-0.2, -0.15) is 0 Å². The summed E-state index contributed by atoms with van der Waals surface area (Å²) in [5.74, 6) is 0.814. The molecule has 0 unspecified atom stereocenters. The van der Waals surface area contributed by atoms with Gasteiger partial charge in [0, 0.05) is 9.50 Å². The summed E-state index contributed by atoms with van der Waals surface area (Å²) in [6.45, 7) is 1.77. The number of anilines is 1. The highest BCUT2D eigenvalue weighted by Crippen LogP contribution is 2.17. The Hall–Kier alpha value is -1.59. The van der Waals surface area contributed by atoms with Crippen molar-refractivity contribution in [2.24, 2.45) is 0 Å². The summed E-state index contributed by atoms with van der Waals surface area (Å²) in [5, 5.41) is 3.29. The summed E-state index contributed by atoms with van der Waals surface area (Å²) in [4.78, 5) is 16.0. The molecule has 1 heterocycles. The first-order chi connectivity index (χ1) is 9.54. The van der Waals surface area contributed by atoms with E-state index in [1.807, 2.05) is 13.0 Å². The number of hydrogen-bond donors (Lipinski definition) is 1. The zero-order valence-corrected chi connectivity index (χ0v) is 13.0. The Kier molecular flexibility index (Phi) is 4.98. The lowest BCUT2D eigenvalue weighted by molar-refractivity contribution is -0.118. The molecular formula is C14H12BrClN2O2. The van der Waals surface area contributed by atoms with Crippen molar-refractivity contribution in [1.82, 2.24) is 4.98 Å². The van der Waals surface area contributed by atoms with Crippen LogP contribution in [0.25, 0.3) is 0 Å². The minimum atomic E-state index is -0.269. The maximum absolute atomic E-state index is 11.7. The molecule has 0 radical (unpaired) electrons. The van der Waals surface area contributed by atoms with Gasteiger partial charge < -0.3 is 10.1 Å². The number of carbonyl (C=O) groups excluding carboxylic acids is 1. The largest absolute Gasteiger partial charge is 0.484 e. The van der Waals surface area contributed by atoms with E-state index < -0.39 is 0 Å². The van der Waals surface area contributed by atoms with Crippen LogP contribution in [0.2, 0.25) is 5.02 Å². The van der Waals surface area contributed by atoms with Crippen molar-refractivity contribution in [2.75, 3.05) is 11.9 Å². The van der Waals surface area contributed by atoms with Gasteiger partial charge in [-0.05, 0) is 59.3 Å². The lowest BCUT2D eigenvalue weighted by Crippen LogP contribution is -2.20. The molecule has 104 valence electrons. The Morgan fingerprint density at radius 1 is 1.30 bits per heavy atom. The minimum absolute atomic E-state index is 0.0849. The van der Waals surface area contributed by atoms with E-state index in [0.717, 1.165) is 10.2 Å². The predicted molar refractivity (Wildman–Crippen MR) is 82.3 cm³/mol. The number of hydrogen-bond acceptors (Lipinski definition) is 3. The number of halogens is 2. The van der Waals surface area contributed by atoms with E-state index in [1.165, 1.54) is 0 Å². The van der Waals surface area contributed by atoms with E-state index in [-0.39, 0.29) is 12.5 Å². The van der Waals surface area contributed by atoms with Gasteiger partial charge in [-0.3, -0.25) is 4.79 Å². The van der Waals surface area contributed by atoms with Crippen LogP contribution < -0.4 is 10.1 Å². The monoisotopic (exact) mass is 354 g/mol. The second-order valence-electron chi connectivity index (χ2n) is 4.05. The topological polar surface area (TPSA) is 51.2 Å². The maximum atomic E-state index is 11.7. The van der Waals surface area contributed by atoms with Crippen molar-refractivity contribution in [3.05, 3.63) is 51.6 Å². The number of carbonyl (C=O) groups is 1. The zero-order valence-electron chi connectivity index (χ0n) is 10.7. The van der Waals surface area contributed by atoms with E-state index in [1.54, 1.807) is 30.3 Å². The number of aromatic nitrogens is 1. The van der Waals surface area contributed by atoms with Crippen molar-refractivity contribution < 1.29 is 9.53 Å². The quantitative estimate of drug-likeness (QED) is 0.907. The van der Waals surface area contributed by atoms with Gasteiger partial charge in [0.2, 0.25) is 0 Å². The number of nitrogens with zero attached hydrogens (tertiary/aromatic N) is 1. The summed E-state index contributed by atoms with van der Waals surface area (Å²) >= 11 is 9.11. The van der Waals surface area contributed by atoms with Crippen molar-refractivity contribution in [1.29, 1.82) is 0 Å². The van der Waals surface area contributed by atoms with Crippen molar-refractivity contribution in [3.63, 3.8) is 0 Å². The van der Waals surface area contributed by atoms with Crippen LogP contribution in [0.5, 0.6) is 5.75 Å². The van der Waals surface area contributed by atoms with Gasteiger partial charge >= 0.3 is 0 Å². The SMILES string of the molecule is Cc1nc(NC(=O)COc2ccc(Cl)cc2)ccc1Br. The van der Waals surface area contributed by atoms with Crippen LogP contribution in [0.4, 0.5) is 5.82 Å². The van der Waals surface area contributed by atoms with Crippen LogP contribution in [0.1, 0.15) is 5.69 Å². The number of rotatable bonds is 4. The Labute approximate surface area is 130 Å². The van der Waals surface area contributed by atoms with Gasteiger partial charge in [-0.1, -0.05) is 11.6 Å². The molecule has 1 aromatic heterocycles. The number of benzene rings is 1. The Morgan fingerprint density at radius 3 is 2.65 bits per heavy atom. The Bertz CT molecular complexity index is 617. The summed E-state index contributed by atoms with van der Waals surface area (Å²) in [6.07, 6.45) is 0. The summed E-state index contributed by atoms with van der Waals surface area (Å²) < 4.78 is 6.24. The molecule has 6 heteroatoms. The number of pyridine rings is 1. The lowest BCUT2D eigenvalue weighted by Gasteiger charge is -2.08. The smallest absolute Gasteiger partial charge is 0.263 e. The molecule has 0 fully saturated rings. The highest BCUT2D eigenvalue weighted by molar-refractivity contribution is 9.10. The number of aryl methyl sites for hydroxylation is 1. The third kappa shape index (κ3) is 4.21.